The van der Waals surface area contributed by atoms with Crippen molar-refractivity contribution in [2.75, 3.05) is 5.32 Å². The second kappa shape index (κ2) is 8.08. The van der Waals surface area contributed by atoms with Gasteiger partial charge in [0.1, 0.15) is 0 Å². The Kier molecular flexibility index (Phi) is 6.39. The van der Waals surface area contributed by atoms with Crippen molar-refractivity contribution in [3.63, 3.8) is 0 Å². The molecule has 4 nitrogen and oxygen atoms in total. The molecule has 2 rings (SSSR count). The number of aromatic nitrogens is 1. The summed E-state index contributed by atoms with van der Waals surface area (Å²) in [7, 11) is 0. The lowest BCUT2D eigenvalue weighted by Gasteiger charge is -2.16. The Morgan fingerprint density at radius 2 is 1.68 bits per heavy atom. The van der Waals surface area contributed by atoms with Crippen LogP contribution in [-0.2, 0) is 17.1 Å². The van der Waals surface area contributed by atoms with Gasteiger partial charge in [-0.05, 0) is 24.1 Å². The fourth-order valence-corrected chi connectivity index (χ4v) is 2.99. The standard InChI is InChI=1S/C17H17F6N3OS/c1-3-8(2)13(24)14(27)26-15-25-12(7-28-15)9-4-10(16(18,19)20)6-11(5-9)17(21,22)23/h4-8,13H,3,24H2,1-2H3,(H,25,26,27)/t8-,13-/m1/s1. The smallest absolute Gasteiger partial charge is 0.320 e. The van der Waals surface area contributed by atoms with Crippen molar-refractivity contribution in [2.45, 2.75) is 38.7 Å². The van der Waals surface area contributed by atoms with Gasteiger partial charge < -0.3 is 11.1 Å². The molecule has 0 aliphatic rings. The third-order valence-corrected chi connectivity index (χ3v) is 4.94. The molecule has 2 aromatic rings. The van der Waals surface area contributed by atoms with E-state index < -0.39 is 35.4 Å². The number of nitrogens with one attached hydrogen (secondary N) is 1. The van der Waals surface area contributed by atoms with Crippen molar-refractivity contribution in [3.8, 4) is 11.3 Å². The Balaban J connectivity index is 2.35. The van der Waals surface area contributed by atoms with Gasteiger partial charge in [-0.25, -0.2) is 4.98 Å². The van der Waals surface area contributed by atoms with Gasteiger partial charge in [0.15, 0.2) is 5.13 Å². The molecule has 0 radical (unpaired) electrons. The van der Waals surface area contributed by atoms with Crippen molar-refractivity contribution in [1.82, 2.24) is 4.98 Å². The quantitative estimate of drug-likeness (QED) is 0.651. The van der Waals surface area contributed by atoms with Gasteiger partial charge in [-0.2, -0.15) is 26.3 Å². The van der Waals surface area contributed by atoms with E-state index in [1.807, 2.05) is 6.92 Å². The number of halogens is 6. The van der Waals surface area contributed by atoms with Gasteiger partial charge in [-0.3, -0.25) is 4.79 Å². The number of carbonyl (C=O) groups is 1. The van der Waals surface area contributed by atoms with Crippen LogP contribution in [0.5, 0.6) is 0 Å². The lowest BCUT2D eigenvalue weighted by molar-refractivity contribution is -0.143. The summed E-state index contributed by atoms with van der Waals surface area (Å²) in [4.78, 5) is 16.0. The molecule has 1 aromatic heterocycles. The first kappa shape index (κ1) is 22.2. The van der Waals surface area contributed by atoms with Crippen LogP contribution in [0.15, 0.2) is 23.6 Å². The van der Waals surface area contributed by atoms with Gasteiger partial charge in [0, 0.05) is 10.9 Å². The van der Waals surface area contributed by atoms with Crippen molar-refractivity contribution in [2.24, 2.45) is 11.7 Å². The lowest BCUT2D eigenvalue weighted by atomic mass is 10.00. The number of rotatable bonds is 5. The number of anilines is 1. The van der Waals surface area contributed by atoms with E-state index in [9.17, 15) is 31.1 Å². The molecular weight excluding hydrogens is 408 g/mol. The van der Waals surface area contributed by atoms with Crippen LogP contribution in [0, 0.1) is 5.92 Å². The number of hydrogen-bond donors (Lipinski definition) is 2. The highest BCUT2D eigenvalue weighted by Gasteiger charge is 2.37. The maximum absolute atomic E-state index is 13.0. The molecule has 1 amide bonds. The second-order valence-electron chi connectivity index (χ2n) is 6.23. The van der Waals surface area contributed by atoms with Crippen molar-refractivity contribution in [1.29, 1.82) is 0 Å². The first-order valence-electron chi connectivity index (χ1n) is 8.14. The van der Waals surface area contributed by atoms with Crippen LogP contribution in [0.25, 0.3) is 11.3 Å². The van der Waals surface area contributed by atoms with E-state index in [1.165, 1.54) is 5.38 Å². The topological polar surface area (TPSA) is 68.0 Å². The third kappa shape index (κ3) is 5.22. The molecule has 0 bridgehead atoms. The van der Waals surface area contributed by atoms with E-state index in [2.05, 4.69) is 10.3 Å². The number of nitrogens with two attached hydrogens (primary N) is 1. The van der Waals surface area contributed by atoms with E-state index in [1.54, 1.807) is 6.92 Å². The fourth-order valence-electron chi connectivity index (χ4n) is 2.27. The molecule has 2 atom stereocenters. The SMILES string of the molecule is CC[C@@H](C)[C@@H](N)C(=O)Nc1nc(-c2cc(C(F)(F)F)cc(C(F)(F)F)c2)cs1. The van der Waals surface area contributed by atoms with Crippen LogP contribution in [0.2, 0.25) is 0 Å². The van der Waals surface area contributed by atoms with Gasteiger partial charge >= 0.3 is 12.4 Å². The average molecular weight is 425 g/mol. The molecule has 0 aliphatic heterocycles. The molecule has 0 fully saturated rings. The summed E-state index contributed by atoms with van der Waals surface area (Å²) in [5.74, 6) is -0.646. The molecule has 0 aliphatic carbocycles. The molecule has 1 heterocycles. The summed E-state index contributed by atoms with van der Waals surface area (Å²) in [6, 6.07) is 0.397. The molecule has 0 saturated heterocycles. The normalized spacial score (nSPS) is 14.6. The Morgan fingerprint density at radius 1 is 1.14 bits per heavy atom. The van der Waals surface area contributed by atoms with Gasteiger partial charge in [0.05, 0.1) is 22.9 Å². The van der Waals surface area contributed by atoms with Gasteiger partial charge in [-0.1, -0.05) is 20.3 Å². The molecule has 3 N–H and O–H groups in total. The van der Waals surface area contributed by atoms with Gasteiger partial charge in [-0.15, -0.1) is 11.3 Å². The number of hydrogen-bond acceptors (Lipinski definition) is 4. The second-order valence-corrected chi connectivity index (χ2v) is 7.09. The van der Waals surface area contributed by atoms with E-state index in [0.717, 1.165) is 11.3 Å². The summed E-state index contributed by atoms with van der Waals surface area (Å²) in [5, 5.41) is 3.73. The number of amides is 1. The summed E-state index contributed by atoms with van der Waals surface area (Å²) in [5.41, 5.74) is 2.44. The first-order valence-corrected chi connectivity index (χ1v) is 9.02. The minimum absolute atomic E-state index is 0.0322. The van der Waals surface area contributed by atoms with E-state index in [0.29, 0.717) is 18.6 Å². The van der Waals surface area contributed by atoms with Crippen molar-refractivity contribution in [3.05, 3.63) is 34.7 Å². The number of nitrogens with zero attached hydrogens (tertiary/aromatic N) is 1. The Labute approximate surface area is 160 Å². The van der Waals surface area contributed by atoms with Gasteiger partial charge in [0.2, 0.25) is 5.91 Å². The van der Waals surface area contributed by atoms with E-state index >= 15 is 0 Å². The van der Waals surface area contributed by atoms with Crippen LogP contribution >= 0.6 is 11.3 Å². The van der Waals surface area contributed by atoms with Crippen LogP contribution in [-0.4, -0.2) is 16.9 Å². The Morgan fingerprint density at radius 3 is 2.14 bits per heavy atom. The predicted octanol–water partition coefficient (Wildman–Crippen LogP) is 5.16. The van der Waals surface area contributed by atoms with Crippen LogP contribution < -0.4 is 11.1 Å². The largest absolute Gasteiger partial charge is 0.416 e. The minimum Gasteiger partial charge on any atom is -0.320 e. The highest BCUT2D eigenvalue weighted by Crippen LogP contribution is 2.39. The van der Waals surface area contributed by atoms with Gasteiger partial charge in [0.25, 0.3) is 0 Å². The summed E-state index contributed by atoms with van der Waals surface area (Å²) in [6.07, 6.45) is -9.25. The lowest BCUT2D eigenvalue weighted by Crippen LogP contribution is -2.40. The number of benzene rings is 1. The first-order chi connectivity index (χ1) is 12.8. The van der Waals surface area contributed by atoms with Crippen LogP contribution in [0.1, 0.15) is 31.4 Å². The summed E-state index contributed by atoms with van der Waals surface area (Å²) >= 11 is 0.875. The molecular formula is C17H17F6N3OS. The number of carbonyl (C=O) groups excluding carboxylic acids is 1. The van der Waals surface area contributed by atoms with Crippen LogP contribution in [0.3, 0.4) is 0 Å². The Bertz CT molecular complexity index is 814. The van der Waals surface area contributed by atoms with Crippen molar-refractivity contribution < 1.29 is 31.1 Å². The summed E-state index contributed by atoms with van der Waals surface area (Å²) < 4.78 is 77.8. The molecule has 154 valence electrons. The molecule has 0 spiro atoms. The maximum Gasteiger partial charge on any atom is 0.416 e. The van der Waals surface area contributed by atoms with Crippen molar-refractivity contribution >= 4 is 22.4 Å². The van der Waals surface area contributed by atoms with E-state index in [4.69, 9.17) is 5.73 Å². The number of alkyl halides is 6. The predicted molar refractivity (Wildman–Crippen MR) is 93.6 cm³/mol. The monoisotopic (exact) mass is 425 g/mol. The zero-order valence-electron chi connectivity index (χ0n) is 14.8. The Hall–Kier alpha value is -2.14. The zero-order valence-corrected chi connectivity index (χ0v) is 15.6. The summed E-state index contributed by atoms with van der Waals surface area (Å²) in [6.45, 7) is 3.63. The fraction of sp³-hybridized carbons (Fsp3) is 0.412. The van der Waals surface area contributed by atoms with E-state index in [-0.39, 0.29) is 28.4 Å². The molecule has 28 heavy (non-hydrogen) atoms. The highest BCUT2D eigenvalue weighted by molar-refractivity contribution is 7.14. The maximum atomic E-state index is 13.0. The van der Waals surface area contributed by atoms with Crippen LogP contribution in [0.4, 0.5) is 31.5 Å². The molecule has 11 heteroatoms. The number of thiazole rings is 1. The molecule has 0 saturated carbocycles. The zero-order chi connectivity index (χ0) is 21.3. The average Bonchev–Trinajstić information content (AvgIpc) is 3.06. The molecule has 1 aromatic carbocycles. The highest BCUT2D eigenvalue weighted by atomic mass is 32.1. The third-order valence-electron chi connectivity index (χ3n) is 4.18. The minimum atomic E-state index is -4.95. The molecule has 0 unspecified atom stereocenters.